The van der Waals surface area contributed by atoms with Crippen molar-refractivity contribution in [1.82, 2.24) is 9.97 Å². The number of carbonyl (C=O) groups excluding carboxylic acids is 1. The predicted molar refractivity (Wildman–Crippen MR) is 306 cm³/mol. The first-order valence-corrected chi connectivity index (χ1v) is 30.0. The van der Waals surface area contributed by atoms with Crippen LogP contribution in [0.2, 0.25) is 0 Å². The first-order valence-electron chi connectivity index (χ1n) is 23.4. The van der Waals surface area contributed by atoms with Gasteiger partial charge < -0.3 is 26.4 Å². The molecule has 9 N–H and O–H groups in total. The second kappa shape index (κ2) is 22.5. The molecule has 2 aromatic heterocycles. The maximum atomic E-state index is 12.6. The van der Waals surface area contributed by atoms with Gasteiger partial charge in [-0.3, -0.25) is 23.0 Å². The van der Waals surface area contributed by atoms with Crippen molar-refractivity contribution in [2.75, 3.05) is 28.8 Å². The normalized spacial score (nSPS) is 12.5. The molecule has 0 aliphatic carbocycles. The molecule has 420 valence electrons. The number of thiazole rings is 1. The van der Waals surface area contributed by atoms with E-state index in [1.165, 1.54) is 49.6 Å². The minimum absolute atomic E-state index is 0.0496. The van der Waals surface area contributed by atoms with E-state index in [1.54, 1.807) is 19.9 Å². The molecular formula is C51H42N12O14S5. The van der Waals surface area contributed by atoms with Crippen molar-refractivity contribution in [3.63, 3.8) is 0 Å². The molecule has 31 heteroatoms. The molecule has 0 aliphatic rings. The van der Waals surface area contributed by atoms with E-state index in [9.17, 15) is 56.7 Å². The number of nitrogens with two attached hydrogens (primary N) is 1. The lowest BCUT2D eigenvalue weighted by molar-refractivity contribution is -0.114. The molecule has 2 heterocycles. The zero-order valence-corrected chi connectivity index (χ0v) is 46.8. The molecule has 0 spiro atoms. The highest BCUT2D eigenvalue weighted by Crippen LogP contribution is 2.45. The zero-order chi connectivity index (χ0) is 59.1. The number of nitrogens with one attached hydrogen (secondary N) is 3. The molecule has 1 amide bonds. The zero-order valence-electron chi connectivity index (χ0n) is 42.7. The van der Waals surface area contributed by atoms with E-state index in [1.807, 2.05) is 42.5 Å². The number of pyridine rings is 1. The van der Waals surface area contributed by atoms with Crippen LogP contribution < -0.4 is 26.4 Å². The Kier molecular flexibility index (Phi) is 15.8. The lowest BCUT2D eigenvalue weighted by atomic mass is 10.1. The van der Waals surface area contributed by atoms with Crippen LogP contribution in [-0.2, 0) is 45.3 Å². The molecule has 0 radical (unpaired) electrons. The SMILES string of the molecule is COc1cc(N=Nc2cc(S(=O)(=O)O)c3cc(NC(C)=O)cc(S(=O)(=O)O)c3c2)c(C)cc1N=Nc1sc(N=Nc2c(Nc3ccc(S(=O)(=O)O)cc3)nc(Nc3ccc(S(=O)(=O)O)cc3)c(N)c2C)nc1-c1ccc2ccccc2c1. The number of amides is 1. The number of hydrogen-bond acceptors (Lipinski definition) is 22. The van der Waals surface area contributed by atoms with Crippen LogP contribution >= 0.6 is 11.3 Å². The molecule has 0 saturated heterocycles. The lowest BCUT2D eigenvalue weighted by Gasteiger charge is -2.16. The van der Waals surface area contributed by atoms with Crippen molar-refractivity contribution in [3.8, 4) is 17.0 Å². The molecule has 9 rings (SSSR count). The van der Waals surface area contributed by atoms with Crippen molar-refractivity contribution < 1.29 is 61.4 Å². The Labute approximate surface area is 470 Å². The van der Waals surface area contributed by atoms with Crippen LogP contribution in [0.1, 0.15) is 18.1 Å². The molecule has 0 atom stereocenters. The van der Waals surface area contributed by atoms with Gasteiger partial charge in [0.05, 0.1) is 34.0 Å². The van der Waals surface area contributed by atoms with Gasteiger partial charge in [0.15, 0.2) is 16.6 Å². The van der Waals surface area contributed by atoms with Crippen molar-refractivity contribution >= 4 is 147 Å². The van der Waals surface area contributed by atoms with E-state index < -0.39 is 56.2 Å². The van der Waals surface area contributed by atoms with E-state index in [0.29, 0.717) is 33.8 Å². The highest BCUT2D eigenvalue weighted by Gasteiger charge is 2.25. The van der Waals surface area contributed by atoms with Gasteiger partial charge in [0.25, 0.3) is 40.5 Å². The van der Waals surface area contributed by atoms with Crippen LogP contribution in [0.3, 0.4) is 0 Å². The summed E-state index contributed by atoms with van der Waals surface area (Å²) in [4.78, 5) is 19.0. The van der Waals surface area contributed by atoms with Gasteiger partial charge in [0, 0.05) is 52.0 Å². The van der Waals surface area contributed by atoms with Gasteiger partial charge in [-0.25, -0.2) is 9.97 Å². The summed E-state index contributed by atoms with van der Waals surface area (Å²) >= 11 is 1.00. The summed E-state index contributed by atoms with van der Waals surface area (Å²) in [7, 11) is -17.8. The fraction of sp³-hybridized carbons (Fsp3) is 0.0784. The largest absolute Gasteiger partial charge is 0.494 e. The van der Waals surface area contributed by atoms with Crippen LogP contribution in [0.5, 0.6) is 5.75 Å². The quantitative estimate of drug-likeness (QED) is 0.0310. The molecule has 26 nitrogen and oxygen atoms in total. The monoisotopic (exact) mass is 1210 g/mol. The maximum absolute atomic E-state index is 12.6. The number of ether oxygens (including phenoxy) is 1. The van der Waals surface area contributed by atoms with Crippen LogP contribution in [0.15, 0.2) is 178 Å². The number of benzene rings is 7. The average Bonchev–Trinajstić information content (AvgIpc) is 3.97. The standard InChI is InChI=1S/C51H42N12O14S5/c1-26-19-41(42(77-4)25-40(26)59-58-35-22-39-38(44(24-35)82(74,75)76)21-34(53-28(3)64)23-43(39)81(71,72)73)60-62-50-47(31-10-9-29-7-5-6-8-30(29)20-31)56-51(78-50)63-61-46-27(2)45(52)48(54-32-11-15-36(16-12-32)79(65,66)67)57-49(46)55-33-13-17-37(18-14-33)80(68,69)70/h5-25H,52H2,1-4H3,(H,53,64)(H2,54,55,57)(H,65,66,67)(H,68,69,70)(H,71,72,73)(H,74,75,76). The molecule has 0 fully saturated rings. The van der Waals surface area contributed by atoms with Crippen molar-refractivity contribution in [3.05, 3.63) is 139 Å². The summed E-state index contributed by atoms with van der Waals surface area (Å²) in [5.41, 5.74) is 9.16. The van der Waals surface area contributed by atoms with E-state index in [0.717, 1.165) is 65.4 Å². The molecule has 0 aliphatic heterocycles. The smallest absolute Gasteiger partial charge is 0.295 e. The van der Waals surface area contributed by atoms with E-state index in [4.69, 9.17) is 15.5 Å². The number of azo groups is 3. The number of anilines is 6. The molecule has 9 aromatic rings. The Hall–Kier alpha value is -9.05. The number of nitrogen functional groups attached to an aromatic ring is 1. The van der Waals surface area contributed by atoms with Crippen LogP contribution in [0.4, 0.5) is 67.3 Å². The Morgan fingerprint density at radius 3 is 1.77 bits per heavy atom. The van der Waals surface area contributed by atoms with Crippen LogP contribution in [-0.4, -0.2) is 74.9 Å². The third kappa shape index (κ3) is 12.9. The topological polar surface area (TPSA) is 406 Å². The van der Waals surface area contributed by atoms with Gasteiger partial charge in [-0.2, -0.15) is 43.9 Å². The fourth-order valence-electron chi connectivity index (χ4n) is 8.10. The second-order valence-corrected chi connectivity index (χ2v) is 24.3. The summed E-state index contributed by atoms with van der Waals surface area (Å²) in [5.74, 6) is -0.363. The Morgan fingerprint density at radius 2 is 1.17 bits per heavy atom. The van der Waals surface area contributed by atoms with Crippen molar-refractivity contribution in [2.45, 2.75) is 40.4 Å². The molecular weight excluding hydrogens is 1160 g/mol. The van der Waals surface area contributed by atoms with Crippen molar-refractivity contribution in [2.24, 2.45) is 30.7 Å². The summed E-state index contributed by atoms with van der Waals surface area (Å²) in [6, 6.07) is 30.5. The Balaban J connectivity index is 1.09. The number of hydrogen-bond donors (Lipinski definition) is 8. The number of nitrogens with zero attached hydrogens (tertiary/aromatic N) is 8. The van der Waals surface area contributed by atoms with Gasteiger partial charge in [-0.1, -0.05) is 47.7 Å². The van der Waals surface area contributed by atoms with E-state index in [-0.39, 0.29) is 82.2 Å². The number of aryl methyl sites for hydroxylation is 1. The predicted octanol–water partition coefficient (Wildman–Crippen LogP) is 12.4. The summed E-state index contributed by atoms with van der Waals surface area (Å²) in [6.45, 7) is 4.40. The molecule has 82 heavy (non-hydrogen) atoms. The van der Waals surface area contributed by atoms with Gasteiger partial charge in [-0.05, 0) is 115 Å². The molecule has 0 unspecified atom stereocenters. The Bertz CT molecular complexity index is 4660. The van der Waals surface area contributed by atoms with Crippen molar-refractivity contribution in [1.29, 1.82) is 0 Å². The first kappa shape index (κ1) is 57.6. The van der Waals surface area contributed by atoms with Gasteiger partial charge >= 0.3 is 0 Å². The average molecular weight is 1210 g/mol. The highest BCUT2D eigenvalue weighted by molar-refractivity contribution is 7.87. The minimum atomic E-state index is -5.07. The van der Waals surface area contributed by atoms with Crippen LogP contribution in [0, 0.1) is 13.8 Å². The summed E-state index contributed by atoms with van der Waals surface area (Å²) in [5, 5.41) is 36.5. The third-order valence-corrected chi connectivity index (χ3v) is 16.4. The minimum Gasteiger partial charge on any atom is -0.494 e. The highest BCUT2D eigenvalue weighted by atomic mass is 32.2. The van der Waals surface area contributed by atoms with E-state index in [2.05, 4.69) is 51.6 Å². The van der Waals surface area contributed by atoms with Gasteiger partial charge in [0.1, 0.15) is 32.6 Å². The molecule has 0 saturated carbocycles. The maximum Gasteiger partial charge on any atom is 0.295 e. The lowest BCUT2D eigenvalue weighted by Crippen LogP contribution is -2.09. The third-order valence-electron chi connectivity index (χ3n) is 12.0. The fourth-order valence-corrected chi connectivity index (χ4v) is 11.2. The number of carbonyl (C=O) groups is 1. The van der Waals surface area contributed by atoms with Crippen LogP contribution in [0.25, 0.3) is 32.8 Å². The Morgan fingerprint density at radius 1 is 0.585 bits per heavy atom. The summed E-state index contributed by atoms with van der Waals surface area (Å²) in [6.07, 6.45) is 0. The van der Waals surface area contributed by atoms with Gasteiger partial charge in [-0.15, -0.1) is 20.5 Å². The second-order valence-electron chi connectivity index (χ2n) is 17.7. The first-order chi connectivity index (χ1) is 38.6. The number of methoxy groups -OCH3 is 1. The molecule has 7 aromatic carbocycles. The summed E-state index contributed by atoms with van der Waals surface area (Å²) < 4.78 is 142. The van der Waals surface area contributed by atoms with E-state index >= 15 is 0 Å². The number of aromatic nitrogens is 2. The number of fused-ring (bicyclic) bond motifs is 2. The molecule has 0 bridgehead atoms. The number of rotatable bonds is 17. The van der Waals surface area contributed by atoms with Gasteiger partial charge in [0.2, 0.25) is 11.0 Å².